The maximum atomic E-state index is 13.4. The van der Waals surface area contributed by atoms with Crippen molar-refractivity contribution in [3.05, 3.63) is 71.8 Å². The van der Waals surface area contributed by atoms with Crippen molar-refractivity contribution >= 4 is 0 Å². The number of hydrogen-bond donors (Lipinski definition) is 0. The molecule has 0 N–H and O–H groups in total. The highest BCUT2D eigenvalue weighted by atomic mass is 19.2. The second-order valence-corrected chi connectivity index (χ2v) is 7.17. The van der Waals surface area contributed by atoms with E-state index in [1.165, 1.54) is 49.8 Å². The summed E-state index contributed by atoms with van der Waals surface area (Å²) in [5, 5.41) is 0. The van der Waals surface area contributed by atoms with Crippen LogP contribution >= 0.6 is 0 Å². The predicted octanol–water partition coefficient (Wildman–Crippen LogP) is 6.95. The average Bonchev–Trinajstić information content (AvgIpc) is 2.64. The Kier molecular flexibility index (Phi) is 6.01. The van der Waals surface area contributed by atoms with Gasteiger partial charge in [-0.25, -0.2) is 8.78 Å². The lowest BCUT2D eigenvalue weighted by atomic mass is 9.79. The largest absolute Gasteiger partial charge is 0.204 e. The van der Waals surface area contributed by atoms with E-state index in [2.05, 4.69) is 31.2 Å². The van der Waals surface area contributed by atoms with Crippen molar-refractivity contribution in [3.8, 4) is 11.1 Å². The molecule has 2 aromatic rings. The molecule has 1 aliphatic rings. The number of benzene rings is 2. The van der Waals surface area contributed by atoms with Crippen LogP contribution in [0.25, 0.3) is 11.1 Å². The lowest BCUT2D eigenvalue weighted by molar-refractivity contribution is 0.296. The maximum Gasteiger partial charge on any atom is 0.159 e. The molecule has 0 atom stereocenters. The van der Waals surface area contributed by atoms with Crippen LogP contribution in [0.15, 0.2) is 54.6 Å². The number of allylic oxidation sites excluding steroid dienone is 2. The van der Waals surface area contributed by atoms with Crippen LogP contribution < -0.4 is 0 Å². The second kappa shape index (κ2) is 8.42. The summed E-state index contributed by atoms with van der Waals surface area (Å²) in [5.41, 5.74) is 2.96. The van der Waals surface area contributed by atoms with Crippen LogP contribution in [0.3, 0.4) is 0 Å². The summed E-state index contributed by atoms with van der Waals surface area (Å²) in [6.07, 6.45) is 12.2. The average molecular weight is 340 g/mol. The van der Waals surface area contributed by atoms with E-state index >= 15 is 0 Å². The lowest BCUT2D eigenvalue weighted by Gasteiger charge is -2.26. The van der Waals surface area contributed by atoms with E-state index in [9.17, 15) is 8.78 Å². The van der Waals surface area contributed by atoms with Crippen LogP contribution in [0, 0.1) is 23.5 Å². The van der Waals surface area contributed by atoms with Crippen LogP contribution in [-0.4, -0.2) is 0 Å². The third-order valence-electron chi connectivity index (χ3n) is 5.40. The summed E-state index contributed by atoms with van der Waals surface area (Å²) in [5.74, 6) is 0.0311. The normalized spacial score (nSPS) is 20.9. The number of hydrogen-bond acceptors (Lipinski definition) is 0. The van der Waals surface area contributed by atoms with Crippen LogP contribution in [-0.2, 0) is 6.42 Å². The minimum absolute atomic E-state index is 0.716. The van der Waals surface area contributed by atoms with Gasteiger partial charge in [-0.2, -0.15) is 0 Å². The third kappa shape index (κ3) is 4.78. The van der Waals surface area contributed by atoms with E-state index in [4.69, 9.17) is 0 Å². The molecule has 0 bridgehead atoms. The van der Waals surface area contributed by atoms with Crippen molar-refractivity contribution in [2.45, 2.75) is 45.4 Å². The SMILES string of the molecule is C/C=C/[C@H]1CC[C@H](CCc2ccc(-c3ccc(F)c(F)c3)cc2)CC1. The number of aryl methyl sites for hydroxylation is 1. The van der Waals surface area contributed by atoms with Gasteiger partial charge < -0.3 is 0 Å². The molecule has 0 aliphatic heterocycles. The fourth-order valence-corrected chi connectivity index (χ4v) is 3.85. The first-order chi connectivity index (χ1) is 12.2. The molecule has 1 fully saturated rings. The molecule has 0 aromatic heterocycles. The van der Waals surface area contributed by atoms with E-state index in [-0.39, 0.29) is 0 Å². The third-order valence-corrected chi connectivity index (χ3v) is 5.40. The summed E-state index contributed by atoms with van der Waals surface area (Å²) in [4.78, 5) is 0. The molecule has 0 saturated heterocycles. The molecule has 2 heteroatoms. The zero-order chi connectivity index (χ0) is 17.6. The molecule has 0 spiro atoms. The van der Waals surface area contributed by atoms with Gasteiger partial charge in [0, 0.05) is 0 Å². The molecule has 0 amide bonds. The molecule has 0 radical (unpaired) electrons. The predicted molar refractivity (Wildman–Crippen MR) is 100 cm³/mol. The van der Waals surface area contributed by atoms with Gasteiger partial charge in [0.2, 0.25) is 0 Å². The minimum atomic E-state index is -0.801. The van der Waals surface area contributed by atoms with Gasteiger partial charge >= 0.3 is 0 Å². The van der Waals surface area contributed by atoms with E-state index < -0.39 is 11.6 Å². The summed E-state index contributed by atoms with van der Waals surface area (Å²) in [6, 6.07) is 12.3. The van der Waals surface area contributed by atoms with Crippen molar-refractivity contribution in [1.29, 1.82) is 0 Å². The van der Waals surface area contributed by atoms with Crippen molar-refractivity contribution < 1.29 is 8.78 Å². The Hall–Kier alpha value is -1.96. The molecule has 1 saturated carbocycles. The molecule has 25 heavy (non-hydrogen) atoms. The Balaban J connectivity index is 1.54. The molecule has 132 valence electrons. The molecule has 0 unspecified atom stereocenters. The quantitative estimate of drug-likeness (QED) is 0.517. The zero-order valence-corrected chi connectivity index (χ0v) is 14.8. The summed E-state index contributed by atoms with van der Waals surface area (Å²) in [7, 11) is 0. The van der Waals surface area contributed by atoms with Gasteiger partial charge in [0.1, 0.15) is 0 Å². The Labute approximate surface area is 149 Å². The molecule has 2 aromatic carbocycles. The highest BCUT2D eigenvalue weighted by molar-refractivity contribution is 5.63. The van der Waals surface area contributed by atoms with Gasteiger partial charge in [-0.05, 0) is 86.1 Å². The fraction of sp³-hybridized carbons (Fsp3) is 0.391. The standard InChI is InChI=1S/C23H26F2/c1-2-3-17-4-6-18(7-5-17)8-9-19-10-12-20(13-11-19)21-14-15-22(24)23(25)16-21/h2-3,10-18H,4-9H2,1H3/b3-2+/t17-,18-. The molecule has 0 nitrogen and oxygen atoms in total. The second-order valence-electron chi connectivity index (χ2n) is 7.17. The van der Waals surface area contributed by atoms with Gasteiger partial charge in [-0.3, -0.25) is 0 Å². The first kappa shape index (κ1) is 17.8. The molecule has 1 aliphatic carbocycles. The highest BCUT2D eigenvalue weighted by Gasteiger charge is 2.19. The van der Waals surface area contributed by atoms with Gasteiger partial charge in [0.15, 0.2) is 11.6 Å². The van der Waals surface area contributed by atoms with Gasteiger partial charge in [0.25, 0.3) is 0 Å². The van der Waals surface area contributed by atoms with Crippen molar-refractivity contribution in [2.75, 3.05) is 0 Å². The minimum Gasteiger partial charge on any atom is -0.204 e. The Bertz CT molecular complexity index is 707. The Morgan fingerprint density at radius 3 is 2.20 bits per heavy atom. The van der Waals surface area contributed by atoms with Crippen molar-refractivity contribution in [1.82, 2.24) is 0 Å². The van der Waals surface area contributed by atoms with Crippen LogP contribution in [0.5, 0.6) is 0 Å². The summed E-state index contributed by atoms with van der Waals surface area (Å²) >= 11 is 0. The maximum absolute atomic E-state index is 13.4. The fourth-order valence-electron chi connectivity index (χ4n) is 3.85. The smallest absolute Gasteiger partial charge is 0.159 e. The van der Waals surface area contributed by atoms with Gasteiger partial charge in [0.05, 0.1) is 0 Å². The summed E-state index contributed by atoms with van der Waals surface area (Å²) < 4.78 is 26.4. The summed E-state index contributed by atoms with van der Waals surface area (Å²) in [6.45, 7) is 2.11. The van der Waals surface area contributed by atoms with Crippen molar-refractivity contribution in [3.63, 3.8) is 0 Å². The zero-order valence-electron chi connectivity index (χ0n) is 14.8. The first-order valence-electron chi connectivity index (χ1n) is 9.33. The lowest BCUT2D eigenvalue weighted by Crippen LogP contribution is -2.13. The van der Waals surface area contributed by atoms with Gasteiger partial charge in [-0.1, -0.05) is 42.5 Å². The van der Waals surface area contributed by atoms with Crippen molar-refractivity contribution in [2.24, 2.45) is 11.8 Å². The molecular formula is C23H26F2. The number of halogens is 2. The molecule has 3 rings (SSSR count). The van der Waals surface area contributed by atoms with Gasteiger partial charge in [-0.15, -0.1) is 0 Å². The first-order valence-corrected chi connectivity index (χ1v) is 9.33. The Morgan fingerprint density at radius 1 is 0.880 bits per heavy atom. The van der Waals surface area contributed by atoms with E-state index in [0.717, 1.165) is 23.8 Å². The molecule has 0 heterocycles. The Morgan fingerprint density at radius 2 is 1.56 bits per heavy atom. The van der Waals surface area contributed by atoms with Crippen LogP contribution in [0.4, 0.5) is 8.78 Å². The van der Waals surface area contributed by atoms with E-state index in [0.29, 0.717) is 5.56 Å². The molecular weight excluding hydrogens is 314 g/mol. The highest BCUT2D eigenvalue weighted by Crippen LogP contribution is 2.32. The van der Waals surface area contributed by atoms with E-state index in [1.54, 1.807) is 6.07 Å². The van der Waals surface area contributed by atoms with Crippen LogP contribution in [0.1, 0.15) is 44.6 Å². The topological polar surface area (TPSA) is 0 Å². The monoisotopic (exact) mass is 340 g/mol. The van der Waals surface area contributed by atoms with Crippen LogP contribution in [0.2, 0.25) is 0 Å². The van der Waals surface area contributed by atoms with E-state index in [1.807, 2.05) is 12.1 Å². The number of rotatable bonds is 5.